The molecular formula is C17H19FN4O2S. The van der Waals surface area contributed by atoms with Gasteiger partial charge in [-0.25, -0.2) is 9.37 Å². The molecule has 3 rings (SSSR count). The van der Waals surface area contributed by atoms with Crippen molar-refractivity contribution < 1.29 is 14.0 Å². The maximum atomic E-state index is 13.7. The van der Waals surface area contributed by atoms with Crippen LogP contribution in [-0.2, 0) is 6.54 Å². The van der Waals surface area contributed by atoms with Gasteiger partial charge in [0, 0.05) is 31.1 Å². The number of carbonyl (C=O) groups excluding carboxylic acids is 2. The Kier molecular flexibility index (Phi) is 5.40. The fourth-order valence-electron chi connectivity index (χ4n) is 2.80. The minimum absolute atomic E-state index is 0.0276. The highest BCUT2D eigenvalue weighted by molar-refractivity contribution is 7.09. The lowest BCUT2D eigenvalue weighted by Gasteiger charge is -2.32. The molecule has 1 aliphatic heterocycles. The highest BCUT2D eigenvalue weighted by Crippen LogP contribution is 2.17. The number of rotatable bonds is 4. The number of aromatic nitrogens is 1. The van der Waals surface area contributed by atoms with Gasteiger partial charge >= 0.3 is 0 Å². The summed E-state index contributed by atoms with van der Waals surface area (Å²) >= 11 is 1.36. The Labute approximate surface area is 148 Å². The number of nitrogens with two attached hydrogens (primary N) is 1. The molecule has 0 radical (unpaired) electrons. The van der Waals surface area contributed by atoms with E-state index in [1.165, 1.54) is 23.5 Å². The zero-order valence-corrected chi connectivity index (χ0v) is 14.4. The van der Waals surface area contributed by atoms with Crippen LogP contribution < -0.4 is 11.1 Å². The predicted molar refractivity (Wildman–Crippen MR) is 92.8 cm³/mol. The number of amides is 2. The summed E-state index contributed by atoms with van der Waals surface area (Å²) in [7, 11) is 0. The molecular weight excluding hydrogens is 343 g/mol. The van der Waals surface area contributed by atoms with Gasteiger partial charge in [-0.2, -0.15) is 0 Å². The fraction of sp³-hybridized carbons (Fsp3) is 0.353. The highest BCUT2D eigenvalue weighted by atomic mass is 32.1. The van der Waals surface area contributed by atoms with Gasteiger partial charge in [0.25, 0.3) is 11.8 Å². The van der Waals surface area contributed by atoms with Crippen LogP contribution in [0.2, 0.25) is 0 Å². The van der Waals surface area contributed by atoms with E-state index in [0.29, 0.717) is 38.2 Å². The van der Waals surface area contributed by atoms with Crippen LogP contribution in [0.1, 0.15) is 38.7 Å². The number of nitrogens with one attached hydrogen (secondary N) is 1. The van der Waals surface area contributed by atoms with Crippen molar-refractivity contribution >= 4 is 23.2 Å². The van der Waals surface area contributed by atoms with Crippen LogP contribution in [0.15, 0.2) is 29.6 Å². The Morgan fingerprint density at radius 2 is 2.04 bits per heavy atom. The van der Waals surface area contributed by atoms with E-state index in [1.807, 2.05) is 0 Å². The van der Waals surface area contributed by atoms with E-state index in [4.69, 9.17) is 5.73 Å². The highest BCUT2D eigenvalue weighted by Gasteiger charge is 2.26. The average molecular weight is 362 g/mol. The number of hydrogen-bond donors (Lipinski definition) is 2. The molecule has 2 aromatic rings. The van der Waals surface area contributed by atoms with E-state index in [-0.39, 0.29) is 23.4 Å². The molecule has 25 heavy (non-hydrogen) atoms. The second kappa shape index (κ2) is 7.71. The Balaban J connectivity index is 1.54. The van der Waals surface area contributed by atoms with Crippen molar-refractivity contribution in [3.8, 4) is 0 Å². The molecule has 2 amide bonds. The van der Waals surface area contributed by atoms with Crippen molar-refractivity contribution in [2.75, 3.05) is 13.1 Å². The third-order valence-corrected chi connectivity index (χ3v) is 5.05. The van der Waals surface area contributed by atoms with Crippen LogP contribution in [0.4, 0.5) is 4.39 Å². The zero-order valence-electron chi connectivity index (χ0n) is 13.6. The number of hydrogen-bond acceptors (Lipinski definition) is 5. The van der Waals surface area contributed by atoms with Gasteiger partial charge in [-0.1, -0.05) is 12.1 Å². The molecule has 0 saturated carbocycles. The van der Waals surface area contributed by atoms with Crippen LogP contribution in [0.25, 0.3) is 0 Å². The fourth-order valence-corrected chi connectivity index (χ4v) is 3.45. The van der Waals surface area contributed by atoms with Gasteiger partial charge in [0.05, 0.1) is 5.56 Å². The SMILES string of the molecule is NCc1nc(C(=O)NC2CCN(C(=O)c3ccccc3F)CC2)cs1. The standard InChI is InChI=1S/C17H19FN4O2S/c18-13-4-2-1-3-12(13)17(24)22-7-5-11(6-8-22)20-16(23)14-10-25-15(9-19)21-14/h1-4,10-11H,5-9,19H2,(H,20,23). The maximum absolute atomic E-state index is 13.7. The van der Waals surface area contributed by atoms with Crippen molar-refractivity contribution in [3.63, 3.8) is 0 Å². The first-order valence-corrected chi connectivity index (χ1v) is 8.95. The largest absolute Gasteiger partial charge is 0.348 e. The molecule has 0 atom stereocenters. The van der Waals surface area contributed by atoms with E-state index >= 15 is 0 Å². The molecule has 1 saturated heterocycles. The van der Waals surface area contributed by atoms with E-state index < -0.39 is 5.82 Å². The van der Waals surface area contributed by atoms with Crippen molar-refractivity contribution in [1.82, 2.24) is 15.2 Å². The van der Waals surface area contributed by atoms with Gasteiger partial charge in [0.15, 0.2) is 0 Å². The summed E-state index contributed by atoms with van der Waals surface area (Å²) in [6.45, 7) is 1.26. The topological polar surface area (TPSA) is 88.3 Å². The number of carbonyl (C=O) groups is 2. The number of thiazole rings is 1. The molecule has 1 aliphatic rings. The Bertz CT molecular complexity index is 772. The summed E-state index contributed by atoms with van der Waals surface area (Å²) in [4.78, 5) is 30.4. The van der Waals surface area contributed by atoms with Crippen molar-refractivity contribution in [2.45, 2.75) is 25.4 Å². The van der Waals surface area contributed by atoms with Crippen LogP contribution in [0.3, 0.4) is 0 Å². The normalized spacial score (nSPS) is 15.2. The minimum Gasteiger partial charge on any atom is -0.348 e. The van der Waals surface area contributed by atoms with Gasteiger partial charge in [-0.3, -0.25) is 9.59 Å². The molecule has 1 aromatic carbocycles. The molecule has 6 nitrogen and oxygen atoms in total. The van der Waals surface area contributed by atoms with E-state index in [1.54, 1.807) is 22.4 Å². The third-order valence-electron chi connectivity index (χ3n) is 4.18. The Morgan fingerprint density at radius 1 is 1.32 bits per heavy atom. The molecule has 0 bridgehead atoms. The van der Waals surface area contributed by atoms with Crippen molar-refractivity contribution in [2.24, 2.45) is 5.73 Å². The van der Waals surface area contributed by atoms with Crippen LogP contribution in [0.5, 0.6) is 0 Å². The summed E-state index contributed by atoms with van der Waals surface area (Å²) in [5.41, 5.74) is 5.96. The van der Waals surface area contributed by atoms with E-state index in [0.717, 1.165) is 5.01 Å². The number of benzene rings is 1. The average Bonchev–Trinajstić information content (AvgIpc) is 3.11. The second-order valence-corrected chi connectivity index (χ2v) is 6.79. The van der Waals surface area contributed by atoms with E-state index in [9.17, 15) is 14.0 Å². The lowest BCUT2D eigenvalue weighted by atomic mass is 10.0. The summed E-state index contributed by atoms with van der Waals surface area (Å²) < 4.78 is 13.7. The second-order valence-electron chi connectivity index (χ2n) is 5.85. The molecule has 1 aromatic heterocycles. The Hall–Kier alpha value is -2.32. The quantitative estimate of drug-likeness (QED) is 0.868. The minimum atomic E-state index is -0.512. The molecule has 0 aliphatic carbocycles. The van der Waals surface area contributed by atoms with E-state index in [2.05, 4.69) is 10.3 Å². The Morgan fingerprint density at radius 3 is 2.68 bits per heavy atom. The third kappa shape index (κ3) is 4.02. The number of halogens is 1. The van der Waals surface area contributed by atoms with Gasteiger partial charge < -0.3 is 16.0 Å². The molecule has 0 unspecified atom stereocenters. The van der Waals surface area contributed by atoms with Gasteiger partial charge in [0.2, 0.25) is 0 Å². The first-order chi connectivity index (χ1) is 12.1. The zero-order chi connectivity index (χ0) is 17.8. The molecule has 3 N–H and O–H groups in total. The smallest absolute Gasteiger partial charge is 0.270 e. The van der Waals surface area contributed by atoms with Gasteiger partial charge in [-0.15, -0.1) is 11.3 Å². The monoisotopic (exact) mass is 362 g/mol. The molecule has 0 spiro atoms. The first kappa shape index (κ1) is 17.5. The predicted octanol–water partition coefficient (Wildman–Crippen LogP) is 1.78. The molecule has 1 fully saturated rings. The summed E-state index contributed by atoms with van der Waals surface area (Å²) in [6, 6.07) is 5.95. The van der Waals surface area contributed by atoms with Gasteiger partial charge in [-0.05, 0) is 25.0 Å². The maximum Gasteiger partial charge on any atom is 0.270 e. The van der Waals surface area contributed by atoms with Crippen LogP contribution in [-0.4, -0.2) is 40.8 Å². The summed E-state index contributed by atoms with van der Waals surface area (Å²) in [6.07, 6.45) is 1.25. The van der Waals surface area contributed by atoms with Crippen molar-refractivity contribution in [3.05, 3.63) is 51.7 Å². The number of likely N-dealkylation sites (tertiary alicyclic amines) is 1. The lowest BCUT2D eigenvalue weighted by molar-refractivity contribution is 0.0693. The summed E-state index contributed by atoms with van der Waals surface area (Å²) in [5, 5.41) is 5.34. The summed E-state index contributed by atoms with van der Waals surface area (Å²) in [5.74, 6) is -1.05. The first-order valence-electron chi connectivity index (χ1n) is 8.07. The molecule has 2 heterocycles. The van der Waals surface area contributed by atoms with Crippen molar-refractivity contribution in [1.29, 1.82) is 0 Å². The lowest BCUT2D eigenvalue weighted by Crippen LogP contribution is -2.46. The molecule has 132 valence electrons. The van der Waals surface area contributed by atoms with Crippen LogP contribution >= 0.6 is 11.3 Å². The molecule has 8 heteroatoms. The number of nitrogens with zero attached hydrogens (tertiary/aromatic N) is 2. The van der Waals surface area contributed by atoms with Crippen LogP contribution in [0, 0.1) is 5.82 Å². The van der Waals surface area contributed by atoms with Gasteiger partial charge in [0.1, 0.15) is 16.5 Å². The number of piperidine rings is 1.